The third-order valence-corrected chi connectivity index (χ3v) is 3.67. The van der Waals surface area contributed by atoms with E-state index in [0.717, 1.165) is 0 Å². The molecule has 2 atom stereocenters. The highest BCUT2D eigenvalue weighted by Crippen LogP contribution is 2.06. The van der Waals surface area contributed by atoms with E-state index in [1.165, 1.54) is 0 Å². The van der Waals surface area contributed by atoms with Crippen molar-refractivity contribution in [2.24, 2.45) is 5.73 Å². The number of benzene rings is 1. The van der Waals surface area contributed by atoms with Crippen molar-refractivity contribution in [1.29, 1.82) is 0 Å². The Labute approximate surface area is 121 Å². The van der Waals surface area contributed by atoms with Crippen LogP contribution in [0.15, 0.2) is 24.3 Å². The average Bonchev–Trinajstić information content (AvgIpc) is 2.36. The predicted molar refractivity (Wildman–Crippen MR) is 82.8 cm³/mol. The van der Waals surface area contributed by atoms with Gasteiger partial charge in [-0.05, 0) is 25.5 Å². The summed E-state index contributed by atoms with van der Waals surface area (Å²) in [4.78, 5) is 12.3. The Kier molecular flexibility index (Phi) is 6.11. The standard InChI is InChI=1S/C13H18N2O2S2/c1-9(6-7-19(2)17)15-13(16)11-5-3-4-10(8-11)12(14)18/h3-5,8-9H,6-7H2,1-2H3,(H2,14,18)(H,15,16). The molecule has 0 radical (unpaired) electrons. The van der Waals surface area contributed by atoms with Crippen LogP contribution in [0.3, 0.4) is 0 Å². The Balaban J connectivity index is 2.65. The summed E-state index contributed by atoms with van der Waals surface area (Å²) in [6.45, 7) is 1.89. The molecule has 1 aromatic carbocycles. The third-order valence-electron chi connectivity index (χ3n) is 2.63. The van der Waals surface area contributed by atoms with Crippen LogP contribution in [0.4, 0.5) is 0 Å². The van der Waals surface area contributed by atoms with Crippen LogP contribution in [-0.2, 0) is 10.8 Å². The van der Waals surface area contributed by atoms with Crippen LogP contribution >= 0.6 is 12.2 Å². The van der Waals surface area contributed by atoms with Crippen LogP contribution in [0.2, 0.25) is 0 Å². The Hall–Kier alpha value is -1.27. The van der Waals surface area contributed by atoms with Gasteiger partial charge in [0.2, 0.25) is 0 Å². The molecule has 0 aliphatic rings. The molecule has 6 heteroatoms. The molecule has 0 saturated carbocycles. The summed E-state index contributed by atoms with van der Waals surface area (Å²) in [5.74, 6) is 0.404. The summed E-state index contributed by atoms with van der Waals surface area (Å²) in [5.41, 5.74) is 6.73. The highest BCUT2D eigenvalue weighted by molar-refractivity contribution is 7.84. The molecule has 0 spiro atoms. The molecule has 0 bridgehead atoms. The molecular formula is C13H18N2O2S2. The maximum atomic E-state index is 12.0. The van der Waals surface area contributed by atoms with Gasteiger partial charge < -0.3 is 11.1 Å². The second-order valence-electron chi connectivity index (χ2n) is 4.39. The van der Waals surface area contributed by atoms with Gasteiger partial charge in [-0.25, -0.2) is 0 Å². The molecular weight excluding hydrogens is 280 g/mol. The number of rotatable bonds is 6. The monoisotopic (exact) mass is 298 g/mol. The molecule has 1 amide bonds. The van der Waals surface area contributed by atoms with Crippen LogP contribution in [0.25, 0.3) is 0 Å². The molecule has 0 fully saturated rings. The van der Waals surface area contributed by atoms with E-state index in [9.17, 15) is 9.00 Å². The van der Waals surface area contributed by atoms with Crippen LogP contribution in [0.5, 0.6) is 0 Å². The summed E-state index contributed by atoms with van der Waals surface area (Å²) in [6, 6.07) is 6.87. The molecule has 2 unspecified atom stereocenters. The average molecular weight is 298 g/mol. The zero-order valence-electron chi connectivity index (χ0n) is 11.0. The summed E-state index contributed by atoms with van der Waals surface area (Å²) < 4.78 is 11.0. The maximum absolute atomic E-state index is 12.0. The molecule has 0 saturated heterocycles. The molecule has 0 aliphatic carbocycles. The molecule has 4 nitrogen and oxygen atoms in total. The Morgan fingerprint density at radius 3 is 2.68 bits per heavy atom. The lowest BCUT2D eigenvalue weighted by Crippen LogP contribution is -2.33. The number of carbonyl (C=O) groups is 1. The molecule has 3 N–H and O–H groups in total. The van der Waals surface area contributed by atoms with Gasteiger partial charge in [0.1, 0.15) is 4.99 Å². The van der Waals surface area contributed by atoms with Crippen molar-refractivity contribution in [2.75, 3.05) is 12.0 Å². The summed E-state index contributed by atoms with van der Waals surface area (Å²) >= 11 is 4.88. The lowest BCUT2D eigenvalue weighted by Gasteiger charge is -2.13. The number of nitrogens with one attached hydrogen (secondary N) is 1. The van der Waals surface area contributed by atoms with Gasteiger partial charge in [-0.2, -0.15) is 0 Å². The van der Waals surface area contributed by atoms with Gasteiger partial charge in [-0.1, -0.05) is 24.4 Å². The Morgan fingerprint density at radius 1 is 1.47 bits per heavy atom. The molecule has 0 aromatic heterocycles. The zero-order chi connectivity index (χ0) is 14.4. The lowest BCUT2D eigenvalue weighted by molar-refractivity contribution is 0.0939. The topological polar surface area (TPSA) is 72.2 Å². The fourth-order valence-corrected chi connectivity index (χ4v) is 2.35. The van der Waals surface area contributed by atoms with Crippen molar-refractivity contribution in [1.82, 2.24) is 5.32 Å². The minimum absolute atomic E-state index is 0.0233. The normalized spacial score (nSPS) is 13.6. The van der Waals surface area contributed by atoms with E-state index in [1.807, 2.05) is 6.92 Å². The fraction of sp³-hybridized carbons (Fsp3) is 0.385. The van der Waals surface area contributed by atoms with E-state index >= 15 is 0 Å². The molecule has 104 valence electrons. The molecule has 0 heterocycles. The fourth-order valence-electron chi connectivity index (χ4n) is 1.54. The van der Waals surface area contributed by atoms with Gasteiger partial charge in [-0.3, -0.25) is 9.00 Å². The molecule has 0 aliphatic heterocycles. The highest BCUT2D eigenvalue weighted by Gasteiger charge is 2.11. The smallest absolute Gasteiger partial charge is 0.251 e. The van der Waals surface area contributed by atoms with Crippen molar-refractivity contribution in [2.45, 2.75) is 19.4 Å². The lowest BCUT2D eigenvalue weighted by atomic mass is 10.1. The number of carbonyl (C=O) groups excluding carboxylic acids is 1. The van der Waals surface area contributed by atoms with Gasteiger partial charge >= 0.3 is 0 Å². The van der Waals surface area contributed by atoms with Crippen LogP contribution in [-0.4, -0.2) is 33.2 Å². The quantitative estimate of drug-likeness (QED) is 0.774. The first-order chi connectivity index (χ1) is 8.90. The number of nitrogens with two attached hydrogens (primary N) is 1. The zero-order valence-corrected chi connectivity index (χ0v) is 12.6. The van der Waals surface area contributed by atoms with Gasteiger partial charge in [0.15, 0.2) is 0 Å². The minimum atomic E-state index is -0.840. The Bertz CT molecular complexity index is 503. The van der Waals surface area contributed by atoms with E-state index in [-0.39, 0.29) is 16.9 Å². The van der Waals surface area contributed by atoms with Gasteiger partial charge in [0.05, 0.1) is 0 Å². The van der Waals surface area contributed by atoms with Gasteiger partial charge in [0.25, 0.3) is 5.91 Å². The van der Waals surface area contributed by atoms with Gasteiger partial charge in [0, 0.05) is 40.0 Å². The minimum Gasteiger partial charge on any atom is -0.389 e. The van der Waals surface area contributed by atoms with E-state index in [0.29, 0.717) is 23.3 Å². The number of hydrogen-bond donors (Lipinski definition) is 2. The summed E-state index contributed by atoms with van der Waals surface area (Å²) in [7, 11) is -0.840. The van der Waals surface area contributed by atoms with Crippen LogP contribution < -0.4 is 11.1 Å². The largest absolute Gasteiger partial charge is 0.389 e. The highest BCUT2D eigenvalue weighted by atomic mass is 32.2. The van der Waals surface area contributed by atoms with E-state index in [1.54, 1.807) is 30.5 Å². The van der Waals surface area contributed by atoms with Crippen LogP contribution in [0, 0.1) is 0 Å². The molecule has 1 rings (SSSR count). The summed E-state index contributed by atoms with van der Waals surface area (Å²) in [6.07, 6.45) is 2.34. The van der Waals surface area contributed by atoms with Crippen molar-refractivity contribution in [3.05, 3.63) is 35.4 Å². The first-order valence-corrected chi connectivity index (χ1v) is 8.04. The van der Waals surface area contributed by atoms with Crippen molar-refractivity contribution in [3.8, 4) is 0 Å². The van der Waals surface area contributed by atoms with E-state index in [4.69, 9.17) is 18.0 Å². The first-order valence-electron chi connectivity index (χ1n) is 5.91. The van der Waals surface area contributed by atoms with Crippen molar-refractivity contribution in [3.63, 3.8) is 0 Å². The predicted octanol–water partition coefficient (Wildman–Crippen LogP) is 1.21. The second kappa shape index (κ2) is 7.35. The SMILES string of the molecule is CC(CCS(C)=O)NC(=O)c1cccc(C(N)=S)c1. The van der Waals surface area contributed by atoms with E-state index < -0.39 is 10.8 Å². The number of amides is 1. The van der Waals surface area contributed by atoms with E-state index in [2.05, 4.69) is 5.32 Å². The van der Waals surface area contributed by atoms with Crippen molar-refractivity contribution >= 4 is 33.9 Å². The van der Waals surface area contributed by atoms with Crippen LogP contribution in [0.1, 0.15) is 29.3 Å². The number of hydrogen-bond acceptors (Lipinski definition) is 3. The molecule has 19 heavy (non-hydrogen) atoms. The third kappa shape index (κ3) is 5.48. The first kappa shape index (κ1) is 15.8. The maximum Gasteiger partial charge on any atom is 0.251 e. The Morgan fingerprint density at radius 2 is 2.11 bits per heavy atom. The summed E-state index contributed by atoms with van der Waals surface area (Å²) in [5, 5.41) is 2.86. The number of thiocarbonyl (C=S) groups is 1. The molecule has 1 aromatic rings. The van der Waals surface area contributed by atoms with Gasteiger partial charge in [-0.15, -0.1) is 0 Å². The van der Waals surface area contributed by atoms with Crippen molar-refractivity contribution < 1.29 is 9.00 Å². The second-order valence-corrected chi connectivity index (χ2v) is 6.38.